The van der Waals surface area contributed by atoms with E-state index in [0.717, 1.165) is 27.7 Å². The minimum atomic E-state index is 0.0528. The van der Waals surface area contributed by atoms with E-state index in [0.29, 0.717) is 0 Å². The predicted octanol–water partition coefficient (Wildman–Crippen LogP) is 4.32. The average molecular weight is 471 g/mol. The Morgan fingerprint density at radius 1 is 1.22 bits per heavy atom. The summed E-state index contributed by atoms with van der Waals surface area (Å²) in [6.07, 6.45) is 4.82. The second-order valence-electron chi connectivity index (χ2n) is 4.30. The average Bonchev–Trinajstić information content (AvgIpc) is 2.36. The highest BCUT2D eigenvalue weighted by Crippen LogP contribution is 2.16. The number of nitrogens with one attached hydrogen (secondary N) is 1. The zero-order valence-electron chi connectivity index (χ0n) is 10.6. The van der Waals surface area contributed by atoms with E-state index < -0.39 is 0 Å². The van der Waals surface area contributed by atoms with Crippen molar-refractivity contribution >= 4 is 51.1 Å². The Kier molecular flexibility index (Phi) is 8.21. The van der Waals surface area contributed by atoms with Gasteiger partial charge in [0.15, 0.2) is 0 Å². The van der Waals surface area contributed by atoms with Gasteiger partial charge >= 0.3 is 0 Å². The first kappa shape index (κ1) is 16.2. The van der Waals surface area contributed by atoms with Crippen molar-refractivity contribution in [3.63, 3.8) is 0 Å². The smallest absolute Gasteiger partial charge is 0.252 e. The van der Waals surface area contributed by atoms with Crippen LogP contribution in [-0.4, -0.2) is 16.9 Å². The van der Waals surface area contributed by atoms with Gasteiger partial charge in [-0.1, -0.05) is 47.6 Å². The summed E-state index contributed by atoms with van der Waals surface area (Å²) < 4.78 is 2.28. The highest BCUT2D eigenvalue weighted by atomic mass is 127. The Morgan fingerprint density at radius 2 is 1.94 bits per heavy atom. The topological polar surface area (TPSA) is 29.1 Å². The molecule has 0 aliphatic heterocycles. The lowest BCUT2D eigenvalue weighted by Crippen LogP contribution is -2.25. The summed E-state index contributed by atoms with van der Waals surface area (Å²) >= 11 is 4.64. The number of aryl methyl sites for hydroxylation is 1. The lowest BCUT2D eigenvalue weighted by Gasteiger charge is -2.08. The molecule has 1 N–H and O–H groups in total. The number of carbonyl (C=O) groups excluding carboxylic acids is 1. The molecule has 0 heterocycles. The van der Waals surface area contributed by atoms with Crippen molar-refractivity contribution in [3.8, 4) is 0 Å². The molecule has 1 amide bonds. The Morgan fingerprint density at radius 3 is 2.67 bits per heavy atom. The number of benzene rings is 1. The van der Waals surface area contributed by atoms with Crippen LogP contribution in [0.5, 0.6) is 0 Å². The van der Waals surface area contributed by atoms with Gasteiger partial charge in [0.25, 0.3) is 5.91 Å². The van der Waals surface area contributed by atoms with Gasteiger partial charge in [-0.05, 0) is 58.4 Å². The molecule has 0 atom stereocenters. The fourth-order valence-electron chi connectivity index (χ4n) is 1.69. The van der Waals surface area contributed by atoms with E-state index >= 15 is 0 Å². The highest BCUT2D eigenvalue weighted by molar-refractivity contribution is 14.1. The molecule has 0 spiro atoms. The third-order valence-electron chi connectivity index (χ3n) is 2.78. The lowest BCUT2D eigenvalue weighted by atomic mass is 10.1. The van der Waals surface area contributed by atoms with E-state index in [1.807, 2.05) is 25.1 Å². The van der Waals surface area contributed by atoms with Crippen molar-refractivity contribution in [3.05, 3.63) is 32.9 Å². The number of halogens is 2. The monoisotopic (exact) mass is 471 g/mol. The number of hydrogen-bond acceptors (Lipinski definition) is 1. The second kappa shape index (κ2) is 9.12. The van der Waals surface area contributed by atoms with Gasteiger partial charge in [0.05, 0.1) is 5.56 Å². The van der Waals surface area contributed by atoms with Crippen molar-refractivity contribution in [1.29, 1.82) is 0 Å². The van der Waals surface area contributed by atoms with Gasteiger partial charge in [-0.15, -0.1) is 0 Å². The molecule has 1 aromatic rings. The molecular weight excluding hydrogens is 452 g/mol. The largest absolute Gasteiger partial charge is 0.352 e. The third kappa shape index (κ3) is 5.42. The molecule has 0 radical (unpaired) electrons. The van der Waals surface area contributed by atoms with Crippen LogP contribution in [0.2, 0.25) is 0 Å². The van der Waals surface area contributed by atoms with Crippen molar-refractivity contribution in [1.82, 2.24) is 5.32 Å². The van der Waals surface area contributed by atoms with Crippen LogP contribution in [-0.2, 0) is 0 Å². The Labute approximate surface area is 137 Å². The number of hydrogen-bond donors (Lipinski definition) is 1. The zero-order valence-corrected chi connectivity index (χ0v) is 15.0. The summed E-state index contributed by atoms with van der Waals surface area (Å²) in [4.78, 5) is 12.0. The van der Waals surface area contributed by atoms with Gasteiger partial charge in [-0.25, -0.2) is 0 Å². The van der Waals surface area contributed by atoms with Crippen LogP contribution in [0.1, 0.15) is 41.6 Å². The maximum absolute atomic E-state index is 12.0. The Balaban J connectivity index is 2.35. The molecule has 0 fully saturated rings. The van der Waals surface area contributed by atoms with Crippen LogP contribution in [0.3, 0.4) is 0 Å². The molecule has 100 valence electrons. The summed E-state index contributed by atoms with van der Waals surface area (Å²) in [5.74, 6) is 0.0528. The number of alkyl halides is 1. The van der Waals surface area contributed by atoms with E-state index in [1.54, 1.807) is 0 Å². The van der Waals surface area contributed by atoms with Gasteiger partial charge in [0, 0.05) is 10.1 Å². The second-order valence-corrected chi connectivity index (χ2v) is 6.45. The van der Waals surface area contributed by atoms with Gasteiger partial charge < -0.3 is 5.32 Å². The maximum atomic E-state index is 12.0. The van der Waals surface area contributed by atoms with Crippen molar-refractivity contribution in [2.24, 2.45) is 0 Å². The molecule has 0 aromatic heterocycles. The lowest BCUT2D eigenvalue weighted by molar-refractivity contribution is 0.0952. The summed E-state index contributed by atoms with van der Waals surface area (Å²) in [6, 6.07) is 5.86. The quantitative estimate of drug-likeness (QED) is 0.359. The molecule has 0 saturated carbocycles. The fourth-order valence-corrected chi connectivity index (χ4v) is 2.84. The Hall–Kier alpha value is 0.150. The van der Waals surface area contributed by atoms with Crippen LogP contribution in [0.25, 0.3) is 0 Å². The first-order chi connectivity index (χ1) is 8.66. The maximum Gasteiger partial charge on any atom is 0.252 e. The van der Waals surface area contributed by atoms with Crippen molar-refractivity contribution in [2.75, 3.05) is 11.0 Å². The van der Waals surface area contributed by atoms with Gasteiger partial charge in [0.2, 0.25) is 0 Å². The molecule has 1 aromatic carbocycles. The molecule has 0 saturated heterocycles. The summed E-state index contributed by atoms with van der Waals surface area (Å²) in [7, 11) is 0. The molecule has 0 unspecified atom stereocenters. The first-order valence-electron chi connectivity index (χ1n) is 6.26. The van der Waals surface area contributed by atoms with E-state index in [-0.39, 0.29) is 5.91 Å². The standard InChI is InChI=1S/C14H19I2NO/c1-11-7-6-8-12(13(11)16)14(18)17-10-5-3-2-4-9-15/h6-8H,2-5,9-10H2,1H3,(H,17,18). The minimum absolute atomic E-state index is 0.0528. The number of unbranched alkanes of at least 4 members (excludes halogenated alkanes) is 3. The fraction of sp³-hybridized carbons (Fsp3) is 0.500. The van der Waals surface area contributed by atoms with Crippen LogP contribution in [0.15, 0.2) is 18.2 Å². The van der Waals surface area contributed by atoms with Gasteiger partial charge in [-0.3, -0.25) is 4.79 Å². The molecule has 1 rings (SSSR count). The SMILES string of the molecule is Cc1cccc(C(=O)NCCCCCCI)c1I. The Bertz CT molecular complexity index is 393. The minimum Gasteiger partial charge on any atom is -0.352 e. The first-order valence-corrected chi connectivity index (χ1v) is 8.86. The molecule has 0 bridgehead atoms. The van der Waals surface area contributed by atoms with E-state index in [2.05, 4.69) is 50.5 Å². The van der Waals surface area contributed by atoms with E-state index in [1.165, 1.54) is 23.7 Å². The molecule has 4 heteroatoms. The van der Waals surface area contributed by atoms with Crippen LogP contribution in [0.4, 0.5) is 0 Å². The number of amides is 1. The van der Waals surface area contributed by atoms with Crippen molar-refractivity contribution < 1.29 is 4.79 Å². The summed E-state index contributed by atoms with van der Waals surface area (Å²) in [5, 5.41) is 3.00. The van der Waals surface area contributed by atoms with Gasteiger partial charge in [0.1, 0.15) is 0 Å². The summed E-state index contributed by atoms with van der Waals surface area (Å²) in [5.41, 5.74) is 1.95. The van der Waals surface area contributed by atoms with Crippen molar-refractivity contribution in [2.45, 2.75) is 32.6 Å². The number of rotatable bonds is 7. The molecular formula is C14H19I2NO. The molecule has 18 heavy (non-hydrogen) atoms. The van der Waals surface area contributed by atoms with Crippen LogP contribution < -0.4 is 5.32 Å². The predicted molar refractivity (Wildman–Crippen MR) is 93.6 cm³/mol. The van der Waals surface area contributed by atoms with Crippen LogP contribution >= 0.6 is 45.2 Å². The molecule has 0 aliphatic rings. The number of carbonyl (C=O) groups is 1. The van der Waals surface area contributed by atoms with Gasteiger partial charge in [-0.2, -0.15) is 0 Å². The van der Waals surface area contributed by atoms with E-state index in [4.69, 9.17) is 0 Å². The van der Waals surface area contributed by atoms with E-state index in [9.17, 15) is 4.79 Å². The third-order valence-corrected chi connectivity index (χ3v) is 4.98. The molecule has 0 aliphatic carbocycles. The van der Waals surface area contributed by atoms with Crippen LogP contribution in [0, 0.1) is 10.5 Å². The normalized spacial score (nSPS) is 10.4. The highest BCUT2D eigenvalue weighted by Gasteiger charge is 2.09. The molecule has 2 nitrogen and oxygen atoms in total. The zero-order chi connectivity index (χ0) is 13.4. The summed E-state index contributed by atoms with van der Waals surface area (Å²) in [6.45, 7) is 2.81.